The Morgan fingerprint density at radius 3 is 2.31 bits per heavy atom. The van der Waals surface area contributed by atoms with Crippen molar-refractivity contribution < 1.29 is 18.8 Å². The first-order valence-corrected chi connectivity index (χ1v) is 10.2. The third-order valence-electron chi connectivity index (χ3n) is 5.53. The minimum Gasteiger partial charge on any atom is -0.273 e. The van der Waals surface area contributed by atoms with Gasteiger partial charge in [-0.2, -0.15) is 0 Å². The lowest BCUT2D eigenvalue weighted by Gasteiger charge is -2.16. The van der Waals surface area contributed by atoms with Crippen LogP contribution in [0, 0.1) is 5.82 Å². The molecule has 2 fully saturated rings. The Kier molecular flexibility index (Phi) is 4.86. The molecule has 0 atom stereocenters. The summed E-state index contributed by atoms with van der Waals surface area (Å²) in [5.74, 6) is -1.49. The average molecular weight is 427 g/mol. The molecule has 1 aliphatic carbocycles. The zero-order valence-corrected chi connectivity index (χ0v) is 16.9. The molecule has 5 rings (SSSR count). The van der Waals surface area contributed by atoms with Crippen molar-refractivity contribution in [3.05, 3.63) is 83.3 Å². The Balaban J connectivity index is 1.68. The van der Waals surface area contributed by atoms with Gasteiger partial charge in [0.15, 0.2) is 0 Å². The minimum atomic E-state index is -0.838. The number of benzene rings is 2. The predicted octanol–water partition coefficient (Wildman–Crippen LogP) is 4.22. The Morgan fingerprint density at radius 2 is 1.62 bits per heavy atom. The summed E-state index contributed by atoms with van der Waals surface area (Å²) in [7, 11) is 0. The van der Waals surface area contributed by atoms with Crippen molar-refractivity contribution in [3.63, 3.8) is 0 Å². The summed E-state index contributed by atoms with van der Waals surface area (Å²) in [5, 5.41) is 5.04. The molecule has 7 heteroatoms. The second-order valence-electron chi connectivity index (χ2n) is 7.76. The van der Waals surface area contributed by atoms with E-state index in [1.54, 1.807) is 18.2 Å². The Hall–Kier alpha value is -4.13. The molecule has 6 nitrogen and oxygen atoms in total. The number of nitrogens with one attached hydrogen (secondary N) is 2. The highest BCUT2D eigenvalue weighted by molar-refractivity contribution is 6.29. The molecule has 1 aliphatic heterocycles. The van der Waals surface area contributed by atoms with Crippen LogP contribution in [-0.2, 0) is 9.59 Å². The lowest BCUT2D eigenvalue weighted by molar-refractivity contribution is -0.124. The predicted molar refractivity (Wildman–Crippen MR) is 118 cm³/mol. The number of rotatable bonds is 4. The number of hydrogen-bond donors (Lipinski definition) is 2. The fraction of sp³-hybridized carbons (Fsp3) is 0.120. The van der Waals surface area contributed by atoms with Crippen LogP contribution in [0.15, 0.2) is 66.3 Å². The first-order valence-electron chi connectivity index (χ1n) is 10.2. The van der Waals surface area contributed by atoms with Crippen molar-refractivity contribution in [1.82, 2.24) is 15.6 Å². The number of imide groups is 2. The van der Waals surface area contributed by atoms with Crippen LogP contribution in [0.3, 0.4) is 0 Å². The first kappa shape index (κ1) is 19.8. The van der Waals surface area contributed by atoms with E-state index in [2.05, 4.69) is 10.6 Å². The maximum Gasteiger partial charge on any atom is 0.328 e. The zero-order chi connectivity index (χ0) is 22.2. The summed E-state index contributed by atoms with van der Waals surface area (Å²) < 4.78 is 13.6. The topological polar surface area (TPSA) is 88.2 Å². The monoisotopic (exact) mass is 427 g/mol. The van der Waals surface area contributed by atoms with Crippen LogP contribution in [-0.4, -0.2) is 22.8 Å². The number of urea groups is 1. The molecule has 2 N–H and O–H groups in total. The number of carbonyl (C=O) groups excluding carboxylic acids is 3. The number of nitrogens with zero attached hydrogens (tertiary/aromatic N) is 1. The van der Waals surface area contributed by atoms with E-state index in [1.807, 2.05) is 30.3 Å². The minimum absolute atomic E-state index is 0.161. The molecule has 158 valence electrons. The fourth-order valence-electron chi connectivity index (χ4n) is 3.88. The number of allylic oxidation sites excluding steroid dienone is 2. The van der Waals surface area contributed by atoms with Crippen LogP contribution >= 0.6 is 0 Å². The fourth-order valence-corrected chi connectivity index (χ4v) is 3.88. The number of carbonyl (C=O) groups is 3. The van der Waals surface area contributed by atoms with Crippen molar-refractivity contribution in [2.24, 2.45) is 0 Å². The number of aromatic nitrogens is 1. The van der Waals surface area contributed by atoms with E-state index in [0.29, 0.717) is 5.92 Å². The lowest BCUT2D eigenvalue weighted by atomic mass is 9.92. The highest BCUT2D eigenvalue weighted by atomic mass is 19.1. The number of hydrogen-bond acceptors (Lipinski definition) is 4. The van der Waals surface area contributed by atoms with E-state index in [-0.39, 0.29) is 11.4 Å². The van der Waals surface area contributed by atoms with Gasteiger partial charge in [-0.3, -0.25) is 25.2 Å². The normalized spacial score (nSPS) is 16.4. The molecule has 4 amide bonds. The summed E-state index contributed by atoms with van der Waals surface area (Å²) in [6.07, 6.45) is 6.86. The molecular formula is C25H18FN3O3. The quantitative estimate of drug-likeness (QED) is 0.482. The SMILES string of the molecule is O=C1NC(=O)C(=C/C=C/c2c(C3CC3)nc3ccccc3c2-c2ccc(F)cc2)C(=O)N1. The van der Waals surface area contributed by atoms with Gasteiger partial charge in [0.05, 0.1) is 11.2 Å². The van der Waals surface area contributed by atoms with E-state index >= 15 is 0 Å². The van der Waals surface area contributed by atoms with E-state index in [1.165, 1.54) is 18.2 Å². The Bertz CT molecular complexity index is 1320. The van der Waals surface area contributed by atoms with Gasteiger partial charge < -0.3 is 0 Å². The smallest absolute Gasteiger partial charge is 0.273 e. The van der Waals surface area contributed by atoms with Gasteiger partial charge in [0.2, 0.25) is 0 Å². The number of amides is 4. The third-order valence-corrected chi connectivity index (χ3v) is 5.53. The van der Waals surface area contributed by atoms with Crippen molar-refractivity contribution in [3.8, 4) is 11.1 Å². The Morgan fingerprint density at radius 1 is 0.938 bits per heavy atom. The summed E-state index contributed by atoms with van der Waals surface area (Å²) >= 11 is 0. The standard InChI is InChI=1S/C25H18FN3O3/c26-16-12-10-14(11-13-16)21-17-4-1-2-7-20(17)27-22(15-8-9-15)18(21)5-3-6-19-23(30)28-25(32)29-24(19)31/h1-7,10-13,15H,8-9H2,(H2,28,29,30,31,32)/b5-3+. The highest BCUT2D eigenvalue weighted by Crippen LogP contribution is 2.45. The number of halogens is 1. The van der Waals surface area contributed by atoms with Gasteiger partial charge in [-0.1, -0.05) is 42.5 Å². The summed E-state index contributed by atoms with van der Waals surface area (Å²) in [6.45, 7) is 0. The van der Waals surface area contributed by atoms with Gasteiger partial charge in [-0.25, -0.2) is 9.18 Å². The molecule has 0 bridgehead atoms. The van der Waals surface area contributed by atoms with Crippen LogP contribution in [0.1, 0.15) is 30.0 Å². The number of barbiturate groups is 1. The van der Waals surface area contributed by atoms with Crippen LogP contribution in [0.2, 0.25) is 0 Å². The molecule has 1 saturated heterocycles. The molecule has 0 radical (unpaired) electrons. The molecule has 1 aromatic heterocycles. The molecule has 2 aromatic carbocycles. The third kappa shape index (κ3) is 3.69. The van der Waals surface area contributed by atoms with Crippen molar-refractivity contribution in [2.45, 2.75) is 18.8 Å². The van der Waals surface area contributed by atoms with Gasteiger partial charge in [0.25, 0.3) is 11.8 Å². The molecule has 1 saturated carbocycles. The summed E-state index contributed by atoms with van der Waals surface area (Å²) in [5.41, 5.74) is 4.25. The molecule has 32 heavy (non-hydrogen) atoms. The van der Waals surface area contributed by atoms with Gasteiger partial charge in [-0.15, -0.1) is 0 Å². The van der Waals surface area contributed by atoms with Gasteiger partial charge in [0.1, 0.15) is 11.4 Å². The van der Waals surface area contributed by atoms with Gasteiger partial charge >= 0.3 is 6.03 Å². The molecule has 2 aliphatic rings. The molecule has 0 spiro atoms. The van der Waals surface area contributed by atoms with Crippen molar-refractivity contribution in [2.75, 3.05) is 0 Å². The molecular weight excluding hydrogens is 409 g/mol. The van der Waals surface area contributed by atoms with Crippen LogP contribution in [0.5, 0.6) is 0 Å². The summed E-state index contributed by atoms with van der Waals surface area (Å²) in [4.78, 5) is 40.1. The van der Waals surface area contributed by atoms with E-state index < -0.39 is 17.8 Å². The largest absolute Gasteiger partial charge is 0.328 e. The maximum absolute atomic E-state index is 13.6. The molecule has 2 heterocycles. The highest BCUT2D eigenvalue weighted by Gasteiger charge is 2.30. The summed E-state index contributed by atoms with van der Waals surface area (Å²) in [6, 6.07) is 13.3. The van der Waals surface area contributed by atoms with Crippen LogP contribution < -0.4 is 10.6 Å². The number of pyridine rings is 1. The van der Waals surface area contributed by atoms with Crippen LogP contribution in [0.4, 0.5) is 9.18 Å². The Labute approximate surface area is 182 Å². The number of para-hydroxylation sites is 1. The zero-order valence-electron chi connectivity index (χ0n) is 16.9. The van der Waals surface area contributed by atoms with E-state index in [4.69, 9.17) is 4.98 Å². The lowest BCUT2D eigenvalue weighted by Crippen LogP contribution is -2.51. The van der Waals surface area contributed by atoms with Gasteiger partial charge in [-0.05, 0) is 42.7 Å². The second kappa shape index (κ2) is 7.85. The van der Waals surface area contributed by atoms with Crippen LogP contribution in [0.25, 0.3) is 28.1 Å². The number of fused-ring (bicyclic) bond motifs is 1. The average Bonchev–Trinajstić information content (AvgIpc) is 3.61. The van der Waals surface area contributed by atoms with Crippen molar-refractivity contribution in [1.29, 1.82) is 0 Å². The van der Waals surface area contributed by atoms with E-state index in [9.17, 15) is 18.8 Å². The maximum atomic E-state index is 13.6. The molecule has 3 aromatic rings. The second-order valence-corrected chi connectivity index (χ2v) is 7.76. The van der Waals surface area contributed by atoms with Gasteiger partial charge in [0, 0.05) is 22.4 Å². The van der Waals surface area contributed by atoms with Crippen molar-refractivity contribution >= 4 is 34.8 Å². The van der Waals surface area contributed by atoms with E-state index in [0.717, 1.165) is 46.1 Å². The molecule has 0 unspecified atom stereocenters. The first-order chi connectivity index (χ1) is 15.5.